The highest BCUT2D eigenvalue weighted by Gasteiger charge is 2.16. The van der Waals surface area contributed by atoms with Gasteiger partial charge in [0.25, 0.3) is 5.56 Å². The van der Waals surface area contributed by atoms with E-state index in [4.69, 9.17) is 0 Å². The molecule has 130 valence electrons. The van der Waals surface area contributed by atoms with E-state index < -0.39 is 10.0 Å². The van der Waals surface area contributed by atoms with Gasteiger partial charge in [0.1, 0.15) is 0 Å². The highest BCUT2D eigenvalue weighted by Crippen LogP contribution is 2.20. The lowest BCUT2D eigenvalue weighted by molar-refractivity contribution is 0.521. The molecule has 2 heterocycles. The summed E-state index contributed by atoms with van der Waals surface area (Å²) in [6.45, 7) is 0. The summed E-state index contributed by atoms with van der Waals surface area (Å²) < 4.78 is 25.3. The highest BCUT2D eigenvalue weighted by molar-refractivity contribution is 7.89. The number of rotatable bonds is 5. The number of H-pyrrole nitrogens is 2. The quantitative estimate of drug-likeness (QED) is 0.724. The Hall–Kier alpha value is -2.71. The van der Waals surface area contributed by atoms with Crippen molar-refractivity contribution in [3.05, 3.63) is 70.5 Å². The molecule has 0 spiro atoms. The SMILES string of the molecule is CN(C)S(=O)(=O)c1ccc(-c2ccc(Cc3cnc[nH]3)c(=O)[nH]2)cc1. The summed E-state index contributed by atoms with van der Waals surface area (Å²) in [7, 11) is -0.497. The molecule has 0 fully saturated rings. The molecule has 8 heteroatoms. The summed E-state index contributed by atoms with van der Waals surface area (Å²) in [5, 5.41) is 0. The maximum Gasteiger partial charge on any atom is 0.251 e. The Balaban J connectivity index is 1.87. The number of nitrogens with zero attached hydrogens (tertiary/aromatic N) is 2. The molecular formula is C17H18N4O3S. The van der Waals surface area contributed by atoms with Gasteiger partial charge in [-0.3, -0.25) is 4.79 Å². The first-order valence-corrected chi connectivity index (χ1v) is 9.04. The number of nitrogens with one attached hydrogen (secondary N) is 2. The monoisotopic (exact) mass is 358 g/mol. The van der Waals surface area contributed by atoms with Crippen LogP contribution in [0.2, 0.25) is 0 Å². The molecule has 2 N–H and O–H groups in total. The van der Waals surface area contributed by atoms with Crippen LogP contribution in [0, 0.1) is 0 Å². The van der Waals surface area contributed by atoms with Crippen LogP contribution in [0.3, 0.4) is 0 Å². The van der Waals surface area contributed by atoms with Crippen molar-refractivity contribution in [1.29, 1.82) is 0 Å². The Morgan fingerprint density at radius 3 is 2.36 bits per heavy atom. The van der Waals surface area contributed by atoms with Crippen LogP contribution in [0.15, 0.2) is 58.6 Å². The Morgan fingerprint density at radius 1 is 1.08 bits per heavy atom. The molecule has 0 aliphatic heterocycles. The molecule has 0 aliphatic rings. The molecule has 0 unspecified atom stereocenters. The second kappa shape index (κ2) is 6.66. The lowest BCUT2D eigenvalue weighted by atomic mass is 10.1. The molecule has 25 heavy (non-hydrogen) atoms. The van der Waals surface area contributed by atoms with Gasteiger partial charge in [0.15, 0.2) is 0 Å². The zero-order chi connectivity index (χ0) is 18.0. The van der Waals surface area contributed by atoms with E-state index in [2.05, 4.69) is 15.0 Å². The smallest absolute Gasteiger partial charge is 0.251 e. The Bertz CT molecular complexity index is 1020. The van der Waals surface area contributed by atoms with Gasteiger partial charge >= 0.3 is 0 Å². The van der Waals surface area contributed by atoms with E-state index >= 15 is 0 Å². The van der Waals surface area contributed by atoms with Crippen LogP contribution in [0.5, 0.6) is 0 Å². The predicted octanol–water partition coefficient (Wildman–Crippen LogP) is 1.61. The molecule has 0 saturated carbocycles. The van der Waals surface area contributed by atoms with Crippen LogP contribution in [-0.2, 0) is 16.4 Å². The molecule has 2 aromatic heterocycles. The molecule has 7 nitrogen and oxygen atoms in total. The topological polar surface area (TPSA) is 98.9 Å². The minimum absolute atomic E-state index is 0.183. The lowest BCUT2D eigenvalue weighted by Gasteiger charge is -2.11. The fraction of sp³-hybridized carbons (Fsp3) is 0.176. The van der Waals surface area contributed by atoms with E-state index in [-0.39, 0.29) is 10.5 Å². The average Bonchev–Trinajstić information content (AvgIpc) is 3.10. The van der Waals surface area contributed by atoms with E-state index in [1.165, 1.54) is 26.2 Å². The number of benzene rings is 1. The standard InChI is InChI=1S/C17H18N4O3S/c1-21(2)25(23,24)15-6-3-12(4-7-15)16-8-5-13(17(22)20-16)9-14-10-18-11-19-14/h3-8,10-11H,9H2,1-2H3,(H,18,19)(H,20,22). The van der Waals surface area contributed by atoms with Gasteiger partial charge in [0.05, 0.1) is 11.2 Å². The van der Waals surface area contributed by atoms with E-state index in [1.54, 1.807) is 30.7 Å². The summed E-state index contributed by atoms with van der Waals surface area (Å²) in [4.78, 5) is 22.2. The fourth-order valence-corrected chi connectivity index (χ4v) is 3.32. The molecule has 0 atom stereocenters. The zero-order valence-corrected chi connectivity index (χ0v) is 14.7. The molecule has 0 radical (unpaired) electrons. The van der Waals surface area contributed by atoms with Crippen molar-refractivity contribution < 1.29 is 8.42 Å². The number of pyridine rings is 1. The highest BCUT2D eigenvalue weighted by atomic mass is 32.2. The summed E-state index contributed by atoms with van der Waals surface area (Å²) >= 11 is 0. The van der Waals surface area contributed by atoms with E-state index in [1.807, 2.05) is 6.07 Å². The summed E-state index contributed by atoms with van der Waals surface area (Å²) in [6.07, 6.45) is 3.72. The number of hydrogen-bond acceptors (Lipinski definition) is 4. The molecule has 1 aromatic carbocycles. The summed E-state index contributed by atoms with van der Waals surface area (Å²) in [6, 6.07) is 9.98. The predicted molar refractivity (Wildman–Crippen MR) is 94.8 cm³/mol. The number of hydrogen-bond donors (Lipinski definition) is 2. The van der Waals surface area contributed by atoms with Gasteiger partial charge in [0, 0.05) is 43.7 Å². The first-order chi connectivity index (χ1) is 11.9. The fourth-order valence-electron chi connectivity index (χ4n) is 2.42. The molecule has 0 amide bonds. The van der Waals surface area contributed by atoms with Gasteiger partial charge in [-0.15, -0.1) is 0 Å². The maximum absolute atomic E-state index is 12.3. The van der Waals surface area contributed by atoms with Crippen LogP contribution in [0.25, 0.3) is 11.3 Å². The minimum atomic E-state index is -3.47. The number of aromatic nitrogens is 3. The molecule has 0 bridgehead atoms. The minimum Gasteiger partial charge on any atom is -0.348 e. The number of imidazole rings is 1. The van der Waals surface area contributed by atoms with Crippen molar-refractivity contribution in [2.24, 2.45) is 0 Å². The van der Waals surface area contributed by atoms with Crippen molar-refractivity contribution in [2.45, 2.75) is 11.3 Å². The van der Waals surface area contributed by atoms with Gasteiger partial charge in [-0.1, -0.05) is 18.2 Å². The van der Waals surface area contributed by atoms with Crippen LogP contribution in [0.1, 0.15) is 11.3 Å². The molecule has 3 aromatic rings. The largest absolute Gasteiger partial charge is 0.348 e. The van der Waals surface area contributed by atoms with Gasteiger partial charge in [-0.25, -0.2) is 17.7 Å². The third-order valence-corrected chi connectivity index (χ3v) is 5.70. The average molecular weight is 358 g/mol. The van der Waals surface area contributed by atoms with Crippen LogP contribution in [-0.4, -0.2) is 41.8 Å². The summed E-state index contributed by atoms with van der Waals surface area (Å²) in [5.41, 5.74) is 2.67. The Morgan fingerprint density at radius 2 is 1.80 bits per heavy atom. The molecular weight excluding hydrogens is 340 g/mol. The van der Waals surface area contributed by atoms with Crippen molar-refractivity contribution in [3.8, 4) is 11.3 Å². The second-order valence-corrected chi connectivity index (χ2v) is 7.94. The van der Waals surface area contributed by atoms with Crippen molar-refractivity contribution in [3.63, 3.8) is 0 Å². The number of aromatic amines is 2. The number of sulfonamides is 1. The van der Waals surface area contributed by atoms with Crippen molar-refractivity contribution in [2.75, 3.05) is 14.1 Å². The molecule has 3 rings (SSSR count). The van der Waals surface area contributed by atoms with Crippen LogP contribution >= 0.6 is 0 Å². The zero-order valence-electron chi connectivity index (χ0n) is 13.9. The third kappa shape index (κ3) is 3.54. The van der Waals surface area contributed by atoms with Gasteiger partial charge in [0.2, 0.25) is 10.0 Å². The van der Waals surface area contributed by atoms with Gasteiger partial charge in [-0.2, -0.15) is 0 Å². The van der Waals surface area contributed by atoms with Gasteiger partial charge in [-0.05, 0) is 23.8 Å². The van der Waals surface area contributed by atoms with Crippen molar-refractivity contribution >= 4 is 10.0 Å². The third-order valence-electron chi connectivity index (χ3n) is 3.87. The Labute approximate surface area is 145 Å². The van der Waals surface area contributed by atoms with Crippen LogP contribution in [0.4, 0.5) is 0 Å². The summed E-state index contributed by atoms with van der Waals surface area (Å²) in [5.74, 6) is 0. The van der Waals surface area contributed by atoms with Crippen LogP contribution < -0.4 is 5.56 Å². The van der Waals surface area contributed by atoms with E-state index in [9.17, 15) is 13.2 Å². The van der Waals surface area contributed by atoms with E-state index in [0.29, 0.717) is 17.7 Å². The molecule has 0 aliphatic carbocycles. The van der Waals surface area contributed by atoms with E-state index in [0.717, 1.165) is 15.6 Å². The van der Waals surface area contributed by atoms with Gasteiger partial charge < -0.3 is 9.97 Å². The normalized spacial score (nSPS) is 11.8. The maximum atomic E-state index is 12.3. The van der Waals surface area contributed by atoms with Crippen molar-refractivity contribution in [1.82, 2.24) is 19.3 Å². The Kier molecular flexibility index (Phi) is 4.56. The first-order valence-electron chi connectivity index (χ1n) is 7.60. The lowest BCUT2D eigenvalue weighted by Crippen LogP contribution is -2.22. The second-order valence-electron chi connectivity index (χ2n) is 5.79. The first kappa shape index (κ1) is 17.1. The molecule has 0 saturated heterocycles.